The molecule has 0 radical (unpaired) electrons. The summed E-state index contributed by atoms with van der Waals surface area (Å²) < 4.78 is 2.80. The van der Waals surface area contributed by atoms with Crippen LogP contribution in [0.4, 0.5) is 5.69 Å². The van der Waals surface area contributed by atoms with Crippen LogP contribution in [0.3, 0.4) is 0 Å². The molecule has 0 atom stereocenters. The minimum absolute atomic E-state index is 0.0399. The highest BCUT2D eigenvalue weighted by Crippen LogP contribution is 2.31. The third-order valence-electron chi connectivity index (χ3n) is 5.47. The first-order valence-electron chi connectivity index (χ1n) is 9.52. The molecule has 0 fully saturated rings. The summed E-state index contributed by atoms with van der Waals surface area (Å²) in [5.41, 5.74) is 6.17. The molecule has 6 heteroatoms. The van der Waals surface area contributed by atoms with Gasteiger partial charge in [-0.15, -0.1) is 0 Å². The standard InChI is InChI=1S/C23H19N3O2S/c1-25-19-8-6-16(11-17(19)7-9-22(25)27)18-10-15(12-24-13-18)14-26-20-4-2-3-5-21(20)29-23(26)28/h2-6,8,10-13H,7,9,14H2,1H3. The van der Waals surface area contributed by atoms with Gasteiger partial charge in [-0.3, -0.25) is 19.1 Å². The summed E-state index contributed by atoms with van der Waals surface area (Å²) in [5.74, 6) is 0.155. The van der Waals surface area contributed by atoms with E-state index in [0.717, 1.165) is 39.0 Å². The van der Waals surface area contributed by atoms with E-state index in [1.165, 1.54) is 16.9 Å². The molecular formula is C23H19N3O2S. The number of fused-ring (bicyclic) bond motifs is 2. The summed E-state index contributed by atoms with van der Waals surface area (Å²) in [5, 5.41) is 0. The van der Waals surface area contributed by atoms with E-state index in [1.54, 1.807) is 9.47 Å². The van der Waals surface area contributed by atoms with E-state index in [1.807, 2.05) is 55.8 Å². The van der Waals surface area contributed by atoms with Crippen molar-refractivity contribution in [2.75, 3.05) is 11.9 Å². The van der Waals surface area contributed by atoms with Crippen molar-refractivity contribution >= 4 is 33.1 Å². The Labute approximate surface area is 171 Å². The minimum Gasteiger partial charge on any atom is -0.315 e. The van der Waals surface area contributed by atoms with Crippen molar-refractivity contribution in [1.82, 2.24) is 9.55 Å². The number of para-hydroxylation sites is 1. The number of hydrogen-bond donors (Lipinski definition) is 0. The van der Waals surface area contributed by atoms with E-state index in [-0.39, 0.29) is 10.8 Å². The number of thiazole rings is 1. The summed E-state index contributed by atoms with van der Waals surface area (Å²) in [6.45, 7) is 0.492. The zero-order valence-corrected chi connectivity index (χ0v) is 16.8. The van der Waals surface area contributed by atoms with Crippen LogP contribution in [0.2, 0.25) is 0 Å². The second-order valence-electron chi connectivity index (χ2n) is 7.30. The fourth-order valence-electron chi connectivity index (χ4n) is 3.91. The normalized spacial score (nSPS) is 13.7. The van der Waals surface area contributed by atoms with Gasteiger partial charge in [0.2, 0.25) is 5.91 Å². The van der Waals surface area contributed by atoms with Gasteiger partial charge in [-0.25, -0.2) is 0 Å². The monoisotopic (exact) mass is 401 g/mol. The molecule has 0 unspecified atom stereocenters. The molecule has 1 aliphatic rings. The number of rotatable bonds is 3. The maximum atomic E-state index is 12.4. The van der Waals surface area contributed by atoms with E-state index in [0.29, 0.717) is 13.0 Å². The SMILES string of the molecule is CN1C(=O)CCc2cc(-c3cncc(Cn4c(=O)sc5ccccc54)c3)ccc21. The van der Waals surface area contributed by atoms with Gasteiger partial charge in [-0.1, -0.05) is 29.5 Å². The lowest BCUT2D eigenvalue weighted by Crippen LogP contribution is -2.30. The van der Waals surface area contributed by atoms with Crippen molar-refractivity contribution in [2.45, 2.75) is 19.4 Å². The molecule has 144 valence electrons. The summed E-state index contributed by atoms with van der Waals surface area (Å²) in [4.78, 5) is 30.5. The Morgan fingerprint density at radius 1 is 1.00 bits per heavy atom. The van der Waals surface area contributed by atoms with E-state index in [4.69, 9.17) is 0 Å². The van der Waals surface area contributed by atoms with Crippen LogP contribution >= 0.6 is 11.3 Å². The molecule has 2 aromatic carbocycles. The van der Waals surface area contributed by atoms with Gasteiger partial charge in [0.15, 0.2) is 0 Å². The number of benzene rings is 2. The quantitative estimate of drug-likeness (QED) is 0.520. The molecule has 4 aromatic rings. The van der Waals surface area contributed by atoms with Gasteiger partial charge in [0.05, 0.1) is 16.8 Å². The van der Waals surface area contributed by atoms with Crippen LogP contribution in [0, 0.1) is 0 Å². The van der Waals surface area contributed by atoms with E-state index < -0.39 is 0 Å². The molecule has 1 amide bonds. The van der Waals surface area contributed by atoms with Gasteiger partial charge in [-0.2, -0.15) is 0 Å². The predicted octanol–water partition coefficient (Wildman–Crippen LogP) is 4.08. The lowest BCUT2D eigenvalue weighted by Gasteiger charge is -2.26. The zero-order chi connectivity index (χ0) is 20.0. The number of pyridine rings is 1. The number of amides is 1. The summed E-state index contributed by atoms with van der Waals surface area (Å²) in [7, 11) is 1.82. The molecule has 0 aliphatic carbocycles. The average molecular weight is 401 g/mol. The first-order valence-corrected chi connectivity index (χ1v) is 10.3. The minimum atomic E-state index is 0.0399. The van der Waals surface area contributed by atoms with Gasteiger partial charge in [0.25, 0.3) is 0 Å². The Morgan fingerprint density at radius 3 is 2.76 bits per heavy atom. The van der Waals surface area contributed by atoms with Crippen molar-refractivity contribution in [1.29, 1.82) is 0 Å². The van der Waals surface area contributed by atoms with Gasteiger partial charge in [0.1, 0.15) is 0 Å². The zero-order valence-electron chi connectivity index (χ0n) is 16.0. The van der Waals surface area contributed by atoms with Crippen LogP contribution in [-0.4, -0.2) is 22.5 Å². The highest BCUT2D eigenvalue weighted by Gasteiger charge is 2.21. The smallest absolute Gasteiger partial charge is 0.308 e. The Hall–Kier alpha value is -3.25. The van der Waals surface area contributed by atoms with E-state index >= 15 is 0 Å². The number of hydrogen-bond acceptors (Lipinski definition) is 4. The van der Waals surface area contributed by atoms with Gasteiger partial charge >= 0.3 is 4.87 Å². The molecular weight excluding hydrogens is 382 g/mol. The molecule has 0 bridgehead atoms. The molecule has 29 heavy (non-hydrogen) atoms. The van der Waals surface area contributed by atoms with Gasteiger partial charge in [-0.05, 0) is 53.4 Å². The Kier molecular flexibility index (Phi) is 4.28. The summed E-state index contributed by atoms with van der Waals surface area (Å²) in [6.07, 6.45) is 4.96. The maximum Gasteiger partial charge on any atom is 0.308 e. The van der Waals surface area contributed by atoms with Crippen LogP contribution in [0.5, 0.6) is 0 Å². The van der Waals surface area contributed by atoms with Crippen molar-refractivity contribution in [3.05, 3.63) is 81.7 Å². The van der Waals surface area contributed by atoms with Crippen LogP contribution in [0.15, 0.2) is 65.7 Å². The molecule has 0 saturated carbocycles. The lowest BCUT2D eigenvalue weighted by molar-refractivity contribution is -0.118. The summed E-state index contributed by atoms with van der Waals surface area (Å²) in [6, 6.07) is 16.1. The molecule has 0 saturated heterocycles. The van der Waals surface area contributed by atoms with Crippen LogP contribution in [0.1, 0.15) is 17.5 Å². The number of anilines is 1. The molecule has 5 rings (SSSR count). The second-order valence-corrected chi connectivity index (χ2v) is 8.29. The lowest BCUT2D eigenvalue weighted by atomic mass is 9.96. The maximum absolute atomic E-state index is 12.4. The number of aryl methyl sites for hydroxylation is 1. The second kappa shape index (κ2) is 6.97. The van der Waals surface area contributed by atoms with Crippen LogP contribution < -0.4 is 9.77 Å². The van der Waals surface area contributed by atoms with Crippen molar-refractivity contribution in [2.24, 2.45) is 0 Å². The van der Waals surface area contributed by atoms with Crippen molar-refractivity contribution in [3.63, 3.8) is 0 Å². The Bertz CT molecular complexity index is 1300. The molecule has 1 aliphatic heterocycles. The number of carbonyl (C=O) groups is 1. The van der Waals surface area contributed by atoms with Crippen LogP contribution in [0.25, 0.3) is 21.3 Å². The van der Waals surface area contributed by atoms with E-state index in [2.05, 4.69) is 17.1 Å². The Balaban J connectivity index is 1.50. The fraction of sp³-hybridized carbons (Fsp3) is 0.174. The highest BCUT2D eigenvalue weighted by molar-refractivity contribution is 7.16. The molecule has 3 heterocycles. The number of nitrogens with zero attached hydrogens (tertiary/aromatic N) is 3. The predicted molar refractivity (Wildman–Crippen MR) is 117 cm³/mol. The molecule has 0 N–H and O–H groups in total. The number of carbonyl (C=O) groups excluding carboxylic acids is 1. The third-order valence-corrected chi connectivity index (χ3v) is 6.43. The topological polar surface area (TPSA) is 55.2 Å². The number of aromatic nitrogens is 2. The summed E-state index contributed by atoms with van der Waals surface area (Å²) >= 11 is 1.27. The average Bonchev–Trinajstić information content (AvgIpc) is 3.06. The largest absolute Gasteiger partial charge is 0.315 e. The van der Waals surface area contributed by atoms with Crippen molar-refractivity contribution in [3.8, 4) is 11.1 Å². The van der Waals surface area contributed by atoms with E-state index in [9.17, 15) is 9.59 Å². The third kappa shape index (κ3) is 3.15. The fourth-order valence-corrected chi connectivity index (χ4v) is 4.80. The first kappa shape index (κ1) is 17.8. The highest BCUT2D eigenvalue weighted by atomic mass is 32.1. The molecule has 0 spiro atoms. The van der Waals surface area contributed by atoms with Crippen molar-refractivity contribution < 1.29 is 4.79 Å². The first-order chi connectivity index (χ1) is 14.1. The molecule has 5 nitrogen and oxygen atoms in total. The Morgan fingerprint density at radius 2 is 1.86 bits per heavy atom. The van der Waals surface area contributed by atoms with Gasteiger partial charge in [0, 0.05) is 37.1 Å². The van der Waals surface area contributed by atoms with Crippen LogP contribution in [-0.2, 0) is 17.8 Å². The van der Waals surface area contributed by atoms with Gasteiger partial charge < -0.3 is 4.90 Å². The molecule has 2 aromatic heterocycles.